The molecule has 0 atom stereocenters. The van der Waals surface area contributed by atoms with E-state index >= 15 is 0 Å². The highest BCUT2D eigenvalue weighted by atomic mass is 15.2. The van der Waals surface area contributed by atoms with E-state index in [1.54, 1.807) is 0 Å². The molecule has 2 rings (SSSR count). The summed E-state index contributed by atoms with van der Waals surface area (Å²) < 4.78 is 0. The lowest BCUT2D eigenvalue weighted by molar-refractivity contribution is 0.727. The van der Waals surface area contributed by atoms with Gasteiger partial charge in [-0.2, -0.15) is 0 Å². The fourth-order valence-electron chi connectivity index (χ4n) is 2.13. The van der Waals surface area contributed by atoms with Crippen molar-refractivity contribution < 1.29 is 0 Å². The molecule has 1 aromatic rings. The summed E-state index contributed by atoms with van der Waals surface area (Å²) in [5.74, 6) is 2.05. The van der Waals surface area contributed by atoms with Crippen LogP contribution in [0.4, 0.5) is 5.82 Å². The van der Waals surface area contributed by atoms with Crippen LogP contribution >= 0.6 is 0 Å². The number of rotatable bonds is 6. The van der Waals surface area contributed by atoms with Crippen molar-refractivity contribution in [3.05, 3.63) is 23.4 Å². The van der Waals surface area contributed by atoms with E-state index in [-0.39, 0.29) is 0 Å². The molecule has 0 spiro atoms. The third kappa shape index (κ3) is 3.19. The second-order valence-electron chi connectivity index (χ2n) is 4.93. The highest BCUT2D eigenvalue weighted by molar-refractivity contribution is 5.41. The molecule has 0 unspecified atom stereocenters. The van der Waals surface area contributed by atoms with Gasteiger partial charge in [-0.05, 0) is 51.3 Å². The minimum atomic E-state index is 0.897. The summed E-state index contributed by atoms with van der Waals surface area (Å²) >= 11 is 0. The van der Waals surface area contributed by atoms with Gasteiger partial charge in [0.25, 0.3) is 0 Å². The molecule has 1 aliphatic rings. The zero-order valence-electron chi connectivity index (χ0n) is 11.2. The third-order valence-electron chi connectivity index (χ3n) is 3.43. The Hall–Kier alpha value is -1.09. The van der Waals surface area contributed by atoms with E-state index in [0.717, 1.165) is 30.5 Å². The Kier molecular flexibility index (Phi) is 4.00. The topological polar surface area (TPSA) is 28.2 Å². The molecular formula is C14H23N3. The van der Waals surface area contributed by atoms with E-state index in [4.69, 9.17) is 4.98 Å². The molecule has 0 aliphatic heterocycles. The first kappa shape index (κ1) is 12.4. The third-order valence-corrected chi connectivity index (χ3v) is 3.43. The van der Waals surface area contributed by atoms with Crippen LogP contribution in [-0.2, 0) is 6.54 Å². The highest BCUT2D eigenvalue weighted by Crippen LogP contribution is 2.31. The lowest BCUT2D eigenvalue weighted by Crippen LogP contribution is -2.26. The Morgan fingerprint density at radius 2 is 2.18 bits per heavy atom. The van der Waals surface area contributed by atoms with Gasteiger partial charge >= 0.3 is 0 Å². The predicted molar refractivity (Wildman–Crippen MR) is 72.3 cm³/mol. The Bertz CT molecular complexity index is 372. The van der Waals surface area contributed by atoms with E-state index in [2.05, 4.69) is 36.2 Å². The molecule has 1 fully saturated rings. The van der Waals surface area contributed by atoms with E-state index in [1.807, 2.05) is 7.05 Å². The molecular weight excluding hydrogens is 210 g/mol. The first-order valence-electron chi connectivity index (χ1n) is 6.60. The van der Waals surface area contributed by atoms with Crippen molar-refractivity contribution in [2.45, 2.75) is 33.2 Å². The van der Waals surface area contributed by atoms with Crippen molar-refractivity contribution >= 4 is 5.82 Å². The summed E-state index contributed by atoms with van der Waals surface area (Å²) in [7, 11) is 1.97. The fraction of sp³-hybridized carbons (Fsp3) is 0.643. The average molecular weight is 233 g/mol. The maximum Gasteiger partial charge on any atom is 0.128 e. The fourth-order valence-corrected chi connectivity index (χ4v) is 2.13. The largest absolute Gasteiger partial charge is 0.357 e. The summed E-state index contributed by atoms with van der Waals surface area (Å²) in [5.41, 5.74) is 2.44. The number of hydrogen-bond acceptors (Lipinski definition) is 3. The predicted octanol–water partition coefficient (Wildman–Crippen LogP) is 2.35. The van der Waals surface area contributed by atoms with Crippen molar-refractivity contribution in [2.75, 3.05) is 25.0 Å². The Balaban J connectivity index is 2.10. The molecule has 94 valence electrons. The zero-order chi connectivity index (χ0) is 12.3. The van der Waals surface area contributed by atoms with Crippen LogP contribution in [-0.4, -0.2) is 25.1 Å². The molecule has 17 heavy (non-hydrogen) atoms. The van der Waals surface area contributed by atoms with Gasteiger partial charge in [-0.1, -0.05) is 6.07 Å². The summed E-state index contributed by atoms with van der Waals surface area (Å²) in [6.07, 6.45) is 2.79. The van der Waals surface area contributed by atoms with Crippen LogP contribution in [0.3, 0.4) is 0 Å². The zero-order valence-corrected chi connectivity index (χ0v) is 11.2. The quantitative estimate of drug-likeness (QED) is 0.817. The number of pyridine rings is 1. The van der Waals surface area contributed by atoms with Gasteiger partial charge in [0.2, 0.25) is 0 Å². The molecule has 1 N–H and O–H groups in total. The van der Waals surface area contributed by atoms with Gasteiger partial charge in [0.1, 0.15) is 5.82 Å². The molecule has 1 saturated carbocycles. The molecule has 1 heterocycles. The van der Waals surface area contributed by atoms with Gasteiger partial charge in [-0.25, -0.2) is 4.98 Å². The number of nitrogens with zero attached hydrogens (tertiary/aromatic N) is 2. The van der Waals surface area contributed by atoms with Gasteiger partial charge in [-0.3, -0.25) is 0 Å². The van der Waals surface area contributed by atoms with Crippen LogP contribution in [0, 0.1) is 12.8 Å². The molecule has 1 aromatic heterocycles. The van der Waals surface area contributed by atoms with Crippen molar-refractivity contribution in [1.29, 1.82) is 0 Å². The number of aromatic nitrogens is 1. The second-order valence-corrected chi connectivity index (χ2v) is 4.93. The Morgan fingerprint density at radius 1 is 1.41 bits per heavy atom. The van der Waals surface area contributed by atoms with Crippen molar-refractivity contribution in [2.24, 2.45) is 5.92 Å². The normalized spacial score (nSPS) is 15.0. The SMILES string of the molecule is CCN(CC1CC1)c1ccc(CNC)c(C)n1. The van der Waals surface area contributed by atoms with Crippen LogP contribution in [0.1, 0.15) is 31.0 Å². The second kappa shape index (κ2) is 5.50. The molecule has 0 aromatic carbocycles. The molecule has 0 radical (unpaired) electrons. The smallest absolute Gasteiger partial charge is 0.128 e. The monoisotopic (exact) mass is 233 g/mol. The van der Waals surface area contributed by atoms with Crippen LogP contribution in [0.5, 0.6) is 0 Å². The molecule has 0 amide bonds. The van der Waals surface area contributed by atoms with Crippen molar-refractivity contribution in [1.82, 2.24) is 10.3 Å². The first-order chi connectivity index (χ1) is 8.24. The van der Waals surface area contributed by atoms with Gasteiger partial charge in [-0.15, -0.1) is 0 Å². The van der Waals surface area contributed by atoms with E-state index < -0.39 is 0 Å². The Morgan fingerprint density at radius 3 is 2.71 bits per heavy atom. The summed E-state index contributed by atoms with van der Waals surface area (Å²) in [6.45, 7) is 7.43. The van der Waals surface area contributed by atoms with Crippen LogP contribution < -0.4 is 10.2 Å². The Labute approximate surface area is 104 Å². The van der Waals surface area contributed by atoms with Crippen LogP contribution in [0.2, 0.25) is 0 Å². The number of nitrogens with one attached hydrogen (secondary N) is 1. The van der Waals surface area contributed by atoms with Crippen LogP contribution in [0.15, 0.2) is 12.1 Å². The molecule has 0 saturated heterocycles. The highest BCUT2D eigenvalue weighted by Gasteiger charge is 2.24. The lowest BCUT2D eigenvalue weighted by Gasteiger charge is -2.22. The van der Waals surface area contributed by atoms with E-state index in [0.29, 0.717) is 0 Å². The van der Waals surface area contributed by atoms with Gasteiger partial charge in [0, 0.05) is 25.3 Å². The van der Waals surface area contributed by atoms with Gasteiger partial charge < -0.3 is 10.2 Å². The molecule has 3 nitrogen and oxygen atoms in total. The van der Waals surface area contributed by atoms with E-state index in [1.165, 1.54) is 24.9 Å². The molecule has 1 aliphatic carbocycles. The number of aryl methyl sites for hydroxylation is 1. The summed E-state index contributed by atoms with van der Waals surface area (Å²) in [4.78, 5) is 7.13. The van der Waals surface area contributed by atoms with Gasteiger partial charge in [0.15, 0.2) is 0 Å². The van der Waals surface area contributed by atoms with Crippen molar-refractivity contribution in [3.63, 3.8) is 0 Å². The van der Waals surface area contributed by atoms with E-state index in [9.17, 15) is 0 Å². The average Bonchev–Trinajstić information content (AvgIpc) is 3.13. The maximum absolute atomic E-state index is 4.73. The minimum absolute atomic E-state index is 0.897. The lowest BCUT2D eigenvalue weighted by atomic mass is 10.2. The van der Waals surface area contributed by atoms with Gasteiger partial charge in [0.05, 0.1) is 0 Å². The number of hydrogen-bond donors (Lipinski definition) is 1. The minimum Gasteiger partial charge on any atom is -0.357 e. The molecule has 0 bridgehead atoms. The first-order valence-corrected chi connectivity index (χ1v) is 6.60. The van der Waals surface area contributed by atoms with Crippen LogP contribution in [0.25, 0.3) is 0 Å². The summed E-state index contributed by atoms with van der Waals surface area (Å²) in [6, 6.07) is 4.36. The summed E-state index contributed by atoms with van der Waals surface area (Å²) in [5, 5.41) is 3.18. The molecule has 3 heteroatoms. The maximum atomic E-state index is 4.73. The van der Waals surface area contributed by atoms with Crippen molar-refractivity contribution in [3.8, 4) is 0 Å². The number of anilines is 1. The standard InChI is InChI=1S/C14H23N3/c1-4-17(10-12-5-6-12)14-8-7-13(9-15-3)11(2)16-14/h7-8,12,15H,4-6,9-10H2,1-3H3.